The zero-order valence-electron chi connectivity index (χ0n) is 13.1. The van der Waals surface area contributed by atoms with Crippen LogP contribution in [0.3, 0.4) is 0 Å². The van der Waals surface area contributed by atoms with Gasteiger partial charge in [-0.1, -0.05) is 0 Å². The molecule has 0 aromatic carbocycles. The first-order valence-electron chi connectivity index (χ1n) is 7.83. The molecule has 22 heavy (non-hydrogen) atoms. The van der Waals surface area contributed by atoms with Crippen molar-refractivity contribution in [3.05, 3.63) is 33.5 Å². The van der Waals surface area contributed by atoms with E-state index in [2.05, 4.69) is 22.3 Å². The highest BCUT2D eigenvalue weighted by atomic mass is 32.1. The number of hydrogen-bond donors (Lipinski definition) is 1. The van der Waals surface area contributed by atoms with E-state index in [-0.39, 0.29) is 5.91 Å². The molecular weight excluding hydrogens is 296 g/mol. The van der Waals surface area contributed by atoms with Crippen LogP contribution in [0.1, 0.15) is 46.5 Å². The van der Waals surface area contributed by atoms with E-state index in [1.54, 1.807) is 17.5 Å². The second kappa shape index (κ2) is 6.60. The lowest BCUT2D eigenvalue weighted by molar-refractivity contribution is -0.121. The number of nitrogens with zero attached hydrogens (tertiary/aromatic N) is 3. The molecule has 0 unspecified atom stereocenters. The van der Waals surface area contributed by atoms with E-state index < -0.39 is 0 Å². The molecule has 0 spiro atoms. The van der Waals surface area contributed by atoms with Crippen LogP contribution in [0, 0.1) is 6.92 Å². The van der Waals surface area contributed by atoms with Gasteiger partial charge in [-0.05, 0) is 38.7 Å². The van der Waals surface area contributed by atoms with E-state index in [1.165, 1.54) is 17.0 Å². The number of hydrogen-bond acceptors (Lipinski definition) is 4. The maximum Gasteiger partial charge on any atom is 0.220 e. The third-order valence-corrected chi connectivity index (χ3v) is 5.30. The Hall–Kier alpha value is -1.69. The summed E-state index contributed by atoms with van der Waals surface area (Å²) in [6, 6.07) is 1.96. The molecule has 1 aliphatic carbocycles. The van der Waals surface area contributed by atoms with Gasteiger partial charge >= 0.3 is 0 Å². The Kier molecular flexibility index (Phi) is 4.57. The first-order valence-corrected chi connectivity index (χ1v) is 8.65. The number of aromatic nitrogens is 3. The number of amides is 1. The summed E-state index contributed by atoms with van der Waals surface area (Å²) in [6.07, 6.45) is 6.47. The van der Waals surface area contributed by atoms with Gasteiger partial charge in [-0.15, -0.1) is 11.3 Å². The summed E-state index contributed by atoms with van der Waals surface area (Å²) in [7, 11) is 1.90. The summed E-state index contributed by atoms with van der Waals surface area (Å²) < 4.78 is 1.82. The Morgan fingerprint density at radius 3 is 3.18 bits per heavy atom. The van der Waals surface area contributed by atoms with Crippen molar-refractivity contribution in [2.24, 2.45) is 7.05 Å². The minimum absolute atomic E-state index is 0.111. The smallest absolute Gasteiger partial charge is 0.220 e. The van der Waals surface area contributed by atoms with Gasteiger partial charge in [0.05, 0.1) is 10.7 Å². The standard InChI is InChI=1S/C16H22N4OS/c1-11-19-16-12(4-3-5-14(16)22-11)10-17-15(21)7-6-13-8-9-18-20(13)2/h8-9,12H,3-7,10H2,1-2H3,(H,17,21)/t12-/m1/s1. The van der Waals surface area contributed by atoms with Crippen molar-refractivity contribution >= 4 is 17.2 Å². The molecule has 5 nitrogen and oxygen atoms in total. The number of aryl methyl sites for hydroxylation is 4. The van der Waals surface area contributed by atoms with E-state index in [0.717, 1.165) is 30.0 Å². The molecule has 2 heterocycles. The minimum Gasteiger partial charge on any atom is -0.355 e. The molecule has 118 valence electrons. The number of thiazole rings is 1. The predicted molar refractivity (Wildman–Crippen MR) is 87.1 cm³/mol. The SMILES string of the molecule is Cc1nc2c(s1)CCC[C@@H]2CNC(=O)CCc1ccnn1C. The van der Waals surface area contributed by atoms with Crippen molar-refractivity contribution in [3.8, 4) is 0 Å². The zero-order valence-corrected chi connectivity index (χ0v) is 13.9. The molecule has 0 bridgehead atoms. The van der Waals surface area contributed by atoms with Crippen molar-refractivity contribution in [2.75, 3.05) is 6.54 Å². The van der Waals surface area contributed by atoms with Gasteiger partial charge in [0.2, 0.25) is 5.91 Å². The van der Waals surface area contributed by atoms with Crippen LogP contribution < -0.4 is 5.32 Å². The molecule has 0 aliphatic heterocycles. The van der Waals surface area contributed by atoms with Gasteiger partial charge in [0.25, 0.3) is 0 Å². The van der Waals surface area contributed by atoms with E-state index >= 15 is 0 Å². The molecule has 3 rings (SSSR count). The average molecular weight is 318 g/mol. The summed E-state index contributed by atoms with van der Waals surface area (Å²) >= 11 is 1.80. The van der Waals surface area contributed by atoms with E-state index in [4.69, 9.17) is 0 Å². The summed E-state index contributed by atoms with van der Waals surface area (Å²) in [5.41, 5.74) is 2.31. The molecule has 0 fully saturated rings. The number of carbonyl (C=O) groups is 1. The Labute approximate surface area is 134 Å². The fourth-order valence-electron chi connectivity index (χ4n) is 3.04. The first-order chi connectivity index (χ1) is 10.6. The third kappa shape index (κ3) is 3.38. The fraction of sp³-hybridized carbons (Fsp3) is 0.562. The topological polar surface area (TPSA) is 59.8 Å². The van der Waals surface area contributed by atoms with Crippen LogP contribution in [-0.2, 0) is 24.7 Å². The molecule has 2 aromatic heterocycles. The third-order valence-electron chi connectivity index (χ3n) is 4.25. The highest BCUT2D eigenvalue weighted by molar-refractivity contribution is 7.11. The van der Waals surface area contributed by atoms with Gasteiger partial charge in [-0.3, -0.25) is 9.48 Å². The number of fused-ring (bicyclic) bond motifs is 1. The van der Waals surface area contributed by atoms with Crippen LogP contribution in [0.25, 0.3) is 0 Å². The average Bonchev–Trinajstić information content (AvgIpc) is 3.07. The second-order valence-corrected chi connectivity index (χ2v) is 7.17. The Bertz CT molecular complexity index is 661. The van der Waals surface area contributed by atoms with E-state index in [0.29, 0.717) is 18.9 Å². The van der Waals surface area contributed by atoms with Gasteiger partial charge in [0.15, 0.2) is 0 Å². The predicted octanol–water partition coefficient (Wildman–Crippen LogP) is 2.35. The molecule has 1 aliphatic rings. The quantitative estimate of drug-likeness (QED) is 0.920. The van der Waals surface area contributed by atoms with Crippen molar-refractivity contribution in [2.45, 2.75) is 44.9 Å². The van der Waals surface area contributed by atoms with Crippen LogP contribution in [-0.4, -0.2) is 27.2 Å². The Balaban J connectivity index is 1.50. The van der Waals surface area contributed by atoms with Crippen molar-refractivity contribution in [1.82, 2.24) is 20.1 Å². The lowest BCUT2D eigenvalue weighted by atomic mass is 9.91. The summed E-state index contributed by atoms with van der Waals surface area (Å²) in [5.74, 6) is 0.495. The molecule has 6 heteroatoms. The van der Waals surface area contributed by atoms with Crippen LogP contribution in [0.15, 0.2) is 12.3 Å². The molecule has 1 atom stereocenters. The first kappa shape index (κ1) is 15.2. The second-order valence-electron chi connectivity index (χ2n) is 5.88. The van der Waals surface area contributed by atoms with Crippen molar-refractivity contribution in [1.29, 1.82) is 0 Å². The zero-order chi connectivity index (χ0) is 15.5. The van der Waals surface area contributed by atoms with E-state index in [9.17, 15) is 4.79 Å². The molecule has 1 amide bonds. The highest BCUT2D eigenvalue weighted by Crippen LogP contribution is 2.34. The van der Waals surface area contributed by atoms with Gasteiger partial charge in [-0.25, -0.2) is 4.98 Å². The number of rotatable bonds is 5. The molecule has 0 saturated heterocycles. The van der Waals surface area contributed by atoms with E-state index in [1.807, 2.05) is 17.8 Å². The number of carbonyl (C=O) groups excluding carboxylic acids is 1. The molecule has 1 N–H and O–H groups in total. The largest absolute Gasteiger partial charge is 0.355 e. The Morgan fingerprint density at radius 2 is 2.41 bits per heavy atom. The van der Waals surface area contributed by atoms with Crippen molar-refractivity contribution < 1.29 is 4.79 Å². The fourth-order valence-corrected chi connectivity index (χ4v) is 4.11. The van der Waals surface area contributed by atoms with Crippen LogP contribution in [0.2, 0.25) is 0 Å². The normalized spacial score (nSPS) is 17.3. The molecule has 2 aromatic rings. The maximum atomic E-state index is 12.1. The molecular formula is C16H22N4OS. The lowest BCUT2D eigenvalue weighted by Gasteiger charge is -2.21. The lowest BCUT2D eigenvalue weighted by Crippen LogP contribution is -2.30. The molecule has 0 saturated carbocycles. The van der Waals surface area contributed by atoms with Gasteiger partial charge < -0.3 is 5.32 Å². The van der Waals surface area contributed by atoms with Crippen LogP contribution in [0.5, 0.6) is 0 Å². The van der Waals surface area contributed by atoms with Crippen LogP contribution >= 0.6 is 11.3 Å². The van der Waals surface area contributed by atoms with Crippen molar-refractivity contribution in [3.63, 3.8) is 0 Å². The monoisotopic (exact) mass is 318 g/mol. The Morgan fingerprint density at radius 1 is 1.55 bits per heavy atom. The van der Waals surface area contributed by atoms with Gasteiger partial charge in [0.1, 0.15) is 0 Å². The maximum absolute atomic E-state index is 12.1. The highest BCUT2D eigenvalue weighted by Gasteiger charge is 2.24. The minimum atomic E-state index is 0.111. The summed E-state index contributed by atoms with van der Waals surface area (Å²) in [5, 5.41) is 8.34. The number of nitrogens with one attached hydrogen (secondary N) is 1. The van der Waals surface area contributed by atoms with Gasteiger partial charge in [0, 0.05) is 42.7 Å². The summed E-state index contributed by atoms with van der Waals surface area (Å²) in [4.78, 5) is 18.1. The van der Waals surface area contributed by atoms with Crippen LogP contribution in [0.4, 0.5) is 0 Å². The summed E-state index contributed by atoms with van der Waals surface area (Å²) in [6.45, 7) is 2.77. The molecule has 0 radical (unpaired) electrons. The van der Waals surface area contributed by atoms with Gasteiger partial charge in [-0.2, -0.15) is 5.10 Å².